The highest BCUT2D eigenvalue weighted by Gasteiger charge is 2.32. The molecule has 0 aromatic heterocycles. The summed E-state index contributed by atoms with van der Waals surface area (Å²) in [4.78, 5) is 10.6. The normalized spacial score (nSPS) is 12.1. The number of benzene rings is 1. The molecule has 1 aromatic carbocycles. The van der Waals surface area contributed by atoms with E-state index in [0.717, 1.165) is 24.3 Å². The van der Waals surface area contributed by atoms with Gasteiger partial charge in [-0.3, -0.25) is 4.79 Å². The van der Waals surface area contributed by atoms with Gasteiger partial charge >= 0.3 is 6.18 Å². The van der Waals surface area contributed by atoms with Crippen molar-refractivity contribution < 1.29 is 22.4 Å². The predicted octanol–water partition coefficient (Wildman–Crippen LogP) is 3.45. The van der Waals surface area contributed by atoms with Gasteiger partial charge in [0.1, 0.15) is 5.82 Å². The fraction of sp³-hybridized carbons (Fsp3) is 0.182. The lowest BCUT2D eigenvalue weighted by Gasteiger charge is -2.09. The van der Waals surface area contributed by atoms with Crippen molar-refractivity contribution in [3.8, 4) is 0 Å². The van der Waals surface area contributed by atoms with Crippen molar-refractivity contribution in [3.05, 3.63) is 41.2 Å². The average Bonchev–Trinajstić information content (AvgIpc) is 2.12. The maximum atomic E-state index is 12.8. The Hall–Kier alpha value is -1.65. The van der Waals surface area contributed by atoms with Gasteiger partial charge < -0.3 is 0 Å². The SMILES string of the molecule is CC(=O)/C=C/c1cc(F)ccc1C(F)(F)F. The van der Waals surface area contributed by atoms with Gasteiger partial charge in [-0.1, -0.05) is 6.08 Å². The molecular weight excluding hydrogens is 224 g/mol. The van der Waals surface area contributed by atoms with Crippen LogP contribution < -0.4 is 0 Å². The van der Waals surface area contributed by atoms with Gasteiger partial charge in [-0.15, -0.1) is 0 Å². The fourth-order valence-electron chi connectivity index (χ4n) is 1.14. The van der Waals surface area contributed by atoms with Crippen molar-refractivity contribution >= 4 is 11.9 Å². The molecule has 0 aliphatic heterocycles. The first-order chi connectivity index (χ1) is 7.30. The number of halogens is 4. The monoisotopic (exact) mass is 232 g/mol. The molecule has 1 aromatic rings. The standard InChI is InChI=1S/C11H8F4O/c1-7(16)2-3-8-6-9(12)4-5-10(8)11(13,14)15/h2-6H,1H3/b3-2+. The molecule has 0 saturated carbocycles. The van der Waals surface area contributed by atoms with Crippen LogP contribution in [0.1, 0.15) is 18.1 Å². The maximum absolute atomic E-state index is 12.8. The first kappa shape index (κ1) is 12.4. The minimum Gasteiger partial charge on any atom is -0.295 e. The summed E-state index contributed by atoms with van der Waals surface area (Å²) in [6.45, 7) is 1.20. The molecule has 0 N–H and O–H groups in total. The summed E-state index contributed by atoms with van der Waals surface area (Å²) in [6, 6.07) is 2.12. The molecule has 0 radical (unpaired) electrons. The van der Waals surface area contributed by atoms with E-state index in [0.29, 0.717) is 6.07 Å². The fourth-order valence-corrected chi connectivity index (χ4v) is 1.14. The van der Waals surface area contributed by atoms with E-state index in [-0.39, 0.29) is 5.56 Å². The number of rotatable bonds is 2. The van der Waals surface area contributed by atoms with Crippen LogP contribution in [0.5, 0.6) is 0 Å². The summed E-state index contributed by atoms with van der Waals surface area (Å²) in [6.07, 6.45) is -2.65. The van der Waals surface area contributed by atoms with Crippen LogP contribution in [-0.2, 0) is 11.0 Å². The van der Waals surface area contributed by atoms with Crippen LogP contribution >= 0.6 is 0 Å². The number of ketones is 1. The molecule has 0 amide bonds. The van der Waals surface area contributed by atoms with Crippen molar-refractivity contribution in [2.45, 2.75) is 13.1 Å². The van der Waals surface area contributed by atoms with E-state index in [1.807, 2.05) is 0 Å². The van der Waals surface area contributed by atoms with Crippen LogP contribution in [0.15, 0.2) is 24.3 Å². The van der Waals surface area contributed by atoms with Crippen LogP contribution in [0.2, 0.25) is 0 Å². The van der Waals surface area contributed by atoms with Crippen molar-refractivity contribution in [2.24, 2.45) is 0 Å². The van der Waals surface area contributed by atoms with Crippen molar-refractivity contribution in [3.63, 3.8) is 0 Å². The van der Waals surface area contributed by atoms with Gasteiger partial charge in [0.05, 0.1) is 5.56 Å². The zero-order chi connectivity index (χ0) is 12.3. The van der Waals surface area contributed by atoms with Gasteiger partial charge in [0.25, 0.3) is 0 Å². The lowest BCUT2D eigenvalue weighted by molar-refractivity contribution is -0.137. The third-order valence-electron chi connectivity index (χ3n) is 1.82. The maximum Gasteiger partial charge on any atom is 0.416 e. The van der Waals surface area contributed by atoms with E-state index >= 15 is 0 Å². The van der Waals surface area contributed by atoms with Gasteiger partial charge in [0.15, 0.2) is 5.78 Å². The molecule has 5 heteroatoms. The van der Waals surface area contributed by atoms with E-state index in [1.54, 1.807) is 0 Å². The number of hydrogen-bond acceptors (Lipinski definition) is 1. The Balaban J connectivity index is 3.24. The first-order valence-electron chi connectivity index (χ1n) is 4.36. The summed E-state index contributed by atoms with van der Waals surface area (Å²) in [5, 5.41) is 0. The number of alkyl halides is 3. The molecule has 0 aliphatic rings. The zero-order valence-corrected chi connectivity index (χ0v) is 8.31. The predicted molar refractivity (Wildman–Crippen MR) is 51.1 cm³/mol. The topological polar surface area (TPSA) is 17.1 Å². The highest BCUT2D eigenvalue weighted by molar-refractivity contribution is 5.91. The summed E-state index contributed by atoms with van der Waals surface area (Å²) >= 11 is 0. The van der Waals surface area contributed by atoms with Crippen LogP contribution in [-0.4, -0.2) is 5.78 Å². The van der Waals surface area contributed by atoms with E-state index < -0.39 is 23.3 Å². The molecule has 0 fully saturated rings. The van der Waals surface area contributed by atoms with Gasteiger partial charge in [-0.2, -0.15) is 13.2 Å². The molecule has 1 rings (SSSR count). The minimum absolute atomic E-state index is 0.359. The lowest BCUT2D eigenvalue weighted by atomic mass is 10.1. The van der Waals surface area contributed by atoms with Crippen molar-refractivity contribution in [2.75, 3.05) is 0 Å². The Morgan fingerprint density at radius 1 is 1.31 bits per heavy atom. The Morgan fingerprint density at radius 3 is 2.44 bits per heavy atom. The second kappa shape index (κ2) is 4.47. The molecule has 86 valence electrons. The number of carbonyl (C=O) groups excluding carboxylic acids is 1. The second-order valence-corrected chi connectivity index (χ2v) is 3.17. The van der Waals surface area contributed by atoms with E-state index in [4.69, 9.17) is 0 Å². The second-order valence-electron chi connectivity index (χ2n) is 3.17. The summed E-state index contributed by atoms with van der Waals surface area (Å²) < 4.78 is 50.2. The summed E-state index contributed by atoms with van der Waals surface area (Å²) in [7, 11) is 0. The Morgan fingerprint density at radius 2 is 1.94 bits per heavy atom. The minimum atomic E-state index is -4.57. The largest absolute Gasteiger partial charge is 0.416 e. The molecular formula is C11H8F4O. The van der Waals surface area contributed by atoms with Crippen molar-refractivity contribution in [1.82, 2.24) is 0 Å². The molecule has 16 heavy (non-hydrogen) atoms. The molecule has 0 bridgehead atoms. The Labute approximate surface area is 89.4 Å². The molecule has 1 nitrogen and oxygen atoms in total. The van der Waals surface area contributed by atoms with E-state index in [2.05, 4.69) is 0 Å². The molecule has 0 saturated heterocycles. The lowest BCUT2D eigenvalue weighted by Crippen LogP contribution is -2.07. The number of hydrogen-bond donors (Lipinski definition) is 0. The smallest absolute Gasteiger partial charge is 0.295 e. The quantitative estimate of drug-likeness (QED) is 0.563. The van der Waals surface area contributed by atoms with Crippen LogP contribution in [0.3, 0.4) is 0 Å². The van der Waals surface area contributed by atoms with E-state index in [9.17, 15) is 22.4 Å². The number of allylic oxidation sites excluding steroid dienone is 1. The molecule has 0 atom stereocenters. The average molecular weight is 232 g/mol. The van der Waals surface area contributed by atoms with Gasteiger partial charge in [0.2, 0.25) is 0 Å². The summed E-state index contributed by atoms with van der Waals surface area (Å²) in [5.41, 5.74) is -1.32. The Kier molecular flexibility index (Phi) is 3.47. The van der Waals surface area contributed by atoms with Gasteiger partial charge in [-0.05, 0) is 36.8 Å². The molecule has 0 unspecified atom stereocenters. The Bertz CT molecular complexity index is 432. The summed E-state index contributed by atoms with van der Waals surface area (Å²) in [5.74, 6) is -1.19. The third-order valence-corrected chi connectivity index (χ3v) is 1.82. The highest BCUT2D eigenvalue weighted by Crippen LogP contribution is 2.32. The first-order valence-corrected chi connectivity index (χ1v) is 4.36. The third kappa shape index (κ3) is 3.18. The van der Waals surface area contributed by atoms with Crippen LogP contribution in [0.4, 0.5) is 17.6 Å². The molecule has 0 spiro atoms. The van der Waals surface area contributed by atoms with Gasteiger partial charge in [-0.25, -0.2) is 4.39 Å². The molecule has 0 heterocycles. The van der Waals surface area contributed by atoms with Crippen LogP contribution in [0, 0.1) is 5.82 Å². The van der Waals surface area contributed by atoms with Gasteiger partial charge in [0, 0.05) is 0 Å². The van der Waals surface area contributed by atoms with Crippen molar-refractivity contribution in [1.29, 1.82) is 0 Å². The van der Waals surface area contributed by atoms with Crippen LogP contribution in [0.25, 0.3) is 6.08 Å². The highest BCUT2D eigenvalue weighted by atomic mass is 19.4. The molecule has 0 aliphatic carbocycles. The zero-order valence-electron chi connectivity index (χ0n) is 8.31. The van der Waals surface area contributed by atoms with E-state index in [1.165, 1.54) is 6.92 Å². The number of carbonyl (C=O) groups is 1.